The Balaban J connectivity index is 1.47. The van der Waals surface area contributed by atoms with Crippen LogP contribution in [0.4, 0.5) is 17.2 Å². The summed E-state index contributed by atoms with van der Waals surface area (Å²) in [5.74, 6) is 1.05. The molecule has 1 amide bonds. The number of nitrogens with two attached hydrogens (primary N) is 2. The standard InChI is InChI=1S/C25H30N6O4/c1-2-21-25(35-20-5-3-4-17(26)16-20)30-24(22(29-21)23(27)32)28-18-6-8-19(9-7-18)34-15-12-31-10-13-33-14-11-31/h3-9,16H,2,10-15,26H2,1H3,(H2,27,32)(H,28,30). The topological polar surface area (TPSA) is 138 Å². The Morgan fingerprint density at radius 1 is 1.11 bits per heavy atom. The van der Waals surface area contributed by atoms with E-state index in [1.165, 1.54) is 0 Å². The molecule has 1 fully saturated rings. The van der Waals surface area contributed by atoms with E-state index < -0.39 is 5.91 Å². The summed E-state index contributed by atoms with van der Waals surface area (Å²) < 4.78 is 17.2. The smallest absolute Gasteiger partial charge is 0.271 e. The molecule has 2 aromatic carbocycles. The number of anilines is 3. The van der Waals surface area contributed by atoms with Crippen molar-refractivity contribution >= 4 is 23.1 Å². The number of aromatic nitrogens is 2. The second-order valence-corrected chi connectivity index (χ2v) is 8.02. The van der Waals surface area contributed by atoms with Crippen LogP contribution in [0.3, 0.4) is 0 Å². The summed E-state index contributed by atoms with van der Waals surface area (Å²) in [6, 6.07) is 14.4. The largest absolute Gasteiger partial charge is 0.492 e. The zero-order chi connectivity index (χ0) is 24.6. The van der Waals surface area contributed by atoms with Crippen molar-refractivity contribution in [3.8, 4) is 17.4 Å². The lowest BCUT2D eigenvalue weighted by molar-refractivity contribution is 0.0322. The van der Waals surface area contributed by atoms with E-state index in [0.717, 1.165) is 38.6 Å². The first-order valence-electron chi connectivity index (χ1n) is 11.6. The highest BCUT2D eigenvalue weighted by Crippen LogP contribution is 2.29. The fraction of sp³-hybridized carbons (Fsp3) is 0.320. The van der Waals surface area contributed by atoms with Gasteiger partial charge in [0.05, 0.1) is 13.2 Å². The van der Waals surface area contributed by atoms with Crippen molar-refractivity contribution in [2.45, 2.75) is 13.3 Å². The lowest BCUT2D eigenvalue weighted by Crippen LogP contribution is -2.38. The molecule has 1 aliphatic rings. The van der Waals surface area contributed by atoms with Gasteiger partial charge >= 0.3 is 0 Å². The van der Waals surface area contributed by atoms with Gasteiger partial charge in [0.1, 0.15) is 23.8 Å². The number of hydrogen-bond donors (Lipinski definition) is 3. The van der Waals surface area contributed by atoms with E-state index in [-0.39, 0.29) is 17.4 Å². The molecule has 1 aliphatic heterocycles. The first-order valence-corrected chi connectivity index (χ1v) is 11.6. The van der Waals surface area contributed by atoms with Crippen molar-refractivity contribution in [1.82, 2.24) is 14.9 Å². The van der Waals surface area contributed by atoms with Crippen LogP contribution in [0.1, 0.15) is 23.1 Å². The molecule has 0 saturated carbocycles. The fourth-order valence-electron chi connectivity index (χ4n) is 3.60. The van der Waals surface area contributed by atoms with Gasteiger partial charge in [0.15, 0.2) is 11.5 Å². The molecule has 1 saturated heterocycles. The minimum atomic E-state index is -0.687. The van der Waals surface area contributed by atoms with Gasteiger partial charge in [-0.05, 0) is 42.8 Å². The van der Waals surface area contributed by atoms with E-state index in [9.17, 15) is 4.79 Å². The predicted molar refractivity (Wildman–Crippen MR) is 133 cm³/mol. The number of primary amides is 1. The number of carbonyl (C=O) groups is 1. The molecule has 0 atom stereocenters. The average molecular weight is 479 g/mol. The molecule has 3 aromatic rings. The van der Waals surface area contributed by atoms with E-state index in [4.69, 9.17) is 25.7 Å². The Hall–Kier alpha value is -3.89. The van der Waals surface area contributed by atoms with E-state index >= 15 is 0 Å². The number of carbonyl (C=O) groups excluding carboxylic acids is 1. The lowest BCUT2D eigenvalue weighted by atomic mass is 10.2. The third kappa shape index (κ3) is 6.58. The van der Waals surface area contributed by atoms with Gasteiger partial charge in [-0.15, -0.1) is 0 Å². The average Bonchev–Trinajstić information content (AvgIpc) is 2.86. The van der Waals surface area contributed by atoms with E-state index in [1.54, 1.807) is 24.3 Å². The lowest BCUT2D eigenvalue weighted by Gasteiger charge is -2.26. The second kappa shape index (κ2) is 11.5. The summed E-state index contributed by atoms with van der Waals surface area (Å²) in [6.07, 6.45) is 0.502. The number of benzene rings is 2. The number of morpholine rings is 1. The zero-order valence-corrected chi connectivity index (χ0v) is 19.7. The first-order chi connectivity index (χ1) is 17.0. The number of rotatable bonds is 10. The maximum Gasteiger partial charge on any atom is 0.271 e. The Labute approximate surface area is 204 Å². The summed E-state index contributed by atoms with van der Waals surface area (Å²) in [4.78, 5) is 23.3. The molecule has 10 heteroatoms. The molecule has 10 nitrogen and oxygen atoms in total. The highest BCUT2D eigenvalue weighted by atomic mass is 16.5. The van der Waals surface area contributed by atoms with E-state index in [2.05, 4.69) is 20.2 Å². The summed E-state index contributed by atoms with van der Waals surface area (Å²) >= 11 is 0. The Morgan fingerprint density at radius 3 is 2.57 bits per heavy atom. The third-order valence-electron chi connectivity index (χ3n) is 5.47. The van der Waals surface area contributed by atoms with Crippen molar-refractivity contribution in [3.05, 3.63) is 59.9 Å². The van der Waals surface area contributed by atoms with Crippen LogP contribution < -0.4 is 26.3 Å². The van der Waals surface area contributed by atoms with Crippen molar-refractivity contribution in [2.24, 2.45) is 5.73 Å². The molecule has 2 heterocycles. The maximum absolute atomic E-state index is 12.1. The minimum absolute atomic E-state index is 0.0348. The molecule has 0 aliphatic carbocycles. The Bertz CT molecular complexity index is 1150. The number of ether oxygens (including phenoxy) is 3. The quantitative estimate of drug-likeness (QED) is 0.375. The summed E-state index contributed by atoms with van der Waals surface area (Å²) in [5, 5.41) is 3.12. The highest BCUT2D eigenvalue weighted by Gasteiger charge is 2.19. The molecule has 184 valence electrons. The van der Waals surface area contributed by atoms with Crippen LogP contribution in [0.25, 0.3) is 0 Å². The Kier molecular flexibility index (Phi) is 7.96. The monoisotopic (exact) mass is 478 g/mol. The molecule has 0 spiro atoms. The molecule has 5 N–H and O–H groups in total. The number of amides is 1. The summed E-state index contributed by atoms with van der Waals surface area (Å²) in [5.41, 5.74) is 13.2. The van der Waals surface area contributed by atoms with Crippen LogP contribution in [0, 0.1) is 0 Å². The van der Waals surface area contributed by atoms with E-state index in [0.29, 0.717) is 35.8 Å². The van der Waals surface area contributed by atoms with Crippen LogP contribution in [0.15, 0.2) is 48.5 Å². The second-order valence-electron chi connectivity index (χ2n) is 8.02. The van der Waals surface area contributed by atoms with E-state index in [1.807, 2.05) is 31.2 Å². The third-order valence-corrected chi connectivity index (χ3v) is 5.47. The van der Waals surface area contributed by atoms with Gasteiger partial charge in [-0.3, -0.25) is 9.69 Å². The van der Waals surface area contributed by atoms with Crippen LogP contribution >= 0.6 is 0 Å². The summed E-state index contributed by atoms with van der Waals surface area (Å²) in [7, 11) is 0. The van der Waals surface area contributed by atoms with Crippen LogP contribution in [0.2, 0.25) is 0 Å². The van der Waals surface area contributed by atoms with Crippen molar-refractivity contribution < 1.29 is 19.0 Å². The van der Waals surface area contributed by atoms with Gasteiger partial charge in [-0.2, -0.15) is 4.98 Å². The van der Waals surface area contributed by atoms with Crippen molar-refractivity contribution in [1.29, 1.82) is 0 Å². The molecule has 0 bridgehead atoms. The zero-order valence-electron chi connectivity index (χ0n) is 19.7. The SMILES string of the molecule is CCc1nc(C(N)=O)c(Nc2ccc(OCCN3CCOCC3)cc2)nc1Oc1cccc(N)c1. The van der Waals surface area contributed by atoms with Crippen LogP contribution in [-0.4, -0.2) is 60.2 Å². The van der Waals surface area contributed by atoms with Crippen LogP contribution in [-0.2, 0) is 11.2 Å². The van der Waals surface area contributed by atoms with Gasteiger partial charge < -0.3 is 31.0 Å². The van der Waals surface area contributed by atoms with Crippen molar-refractivity contribution in [2.75, 3.05) is 50.5 Å². The number of nitrogens with one attached hydrogen (secondary N) is 1. The van der Waals surface area contributed by atoms with Gasteiger partial charge in [-0.1, -0.05) is 13.0 Å². The predicted octanol–water partition coefficient (Wildman–Crippen LogP) is 2.97. The molecular formula is C25H30N6O4. The molecule has 0 unspecified atom stereocenters. The highest BCUT2D eigenvalue weighted by molar-refractivity contribution is 5.96. The van der Waals surface area contributed by atoms with Gasteiger partial charge in [0.2, 0.25) is 5.88 Å². The van der Waals surface area contributed by atoms with Gasteiger partial charge in [0.25, 0.3) is 5.91 Å². The number of nitrogen functional groups attached to an aromatic ring is 1. The van der Waals surface area contributed by atoms with Crippen LogP contribution in [0.5, 0.6) is 17.4 Å². The molecular weight excluding hydrogens is 448 g/mol. The first kappa shape index (κ1) is 24.2. The van der Waals surface area contributed by atoms with Gasteiger partial charge in [0, 0.05) is 37.1 Å². The molecule has 0 radical (unpaired) electrons. The molecule has 4 rings (SSSR count). The summed E-state index contributed by atoms with van der Waals surface area (Å²) in [6.45, 7) is 6.72. The normalized spacial score (nSPS) is 13.9. The Morgan fingerprint density at radius 2 is 1.89 bits per heavy atom. The molecule has 1 aromatic heterocycles. The molecule has 35 heavy (non-hydrogen) atoms. The number of nitrogens with zero attached hydrogens (tertiary/aromatic N) is 3. The van der Waals surface area contributed by atoms with Crippen molar-refractivity contribution in [3.63, 3.8) is 0 Å². The minimum Gasteiger partial charge on any atom is -0.492 e. The number of aryl methyl sites for hydroxylation is 1. The maximum atomic E-state index is 12.1. The fourth-order valence-corrected chi connectivity index (χ4v) is 3.60. The number of hydrogen-bond acceptors (Lipinski definition) is 9. The van der Waals surface area contributed by atoms with Gasteiger partial charge in [-0.25, -0.2) is 4.98 Å².